The third kappa shape index (κ3) is 4.38. The molecule has 4 nitrogen and oxygen atoms in total. The van der Waals surface area contributed by atoms with Crippen LogP contribution in [0.3, 0.4) is 0 Å². The molecule has 17 heavy (non-hydrogen) atoms. The van der Waals surface area contributed by atoms with E-state index in [-0.39, 0.29) is 5.91 Å². The molecule has 0 heterocycles. The summed E-state index contributed by atoms with van der Waals surface area (Å²) in [6, 6.07) is 6.73. The lowest BCUT2D eigenvalue weighted by molar-refractivity contribution is -0.114. The molecule has 1 amide bonds. The molecule has 0 fully saturated rings. The molecule has 0 saturated heterocycles. The number of aliphatic hydroxyl groups is 2. The van der Waals surface area contributed by atoms with Crippen molar-refractivity contribution in [2.75, 3.05) is 11.1 Å². The van der Waals surface area contributed by atoms with E-state index in [1.54, 1.807) is 24.3 Å². The number of rotatable bonds is 5. The summed E-state index contributed by atoms with van der Waals surface area (Å²) < 4.78 is 0. The Morgan fingerprint density at radius 3 is 2.41 bits per heavy atom. The number of aliphatic hydroxyl groups excluding tert-OH is 2. The summed E-state index contributed by atoms with van der Waals surface area (Å²) in [7, 11) is 0. The number of hydrogen-bond acceptors (Lipinski definition) is 4. The van der Waals surface area contributed by atoms with Crippen LogP contribution in [0.2, 0.25) is 0 Å². The van der Waals surface area contributed by atoms with Crippen LogP contribution in [0.15, 0.2) is 24.3 Å². The molecule has 0 aromatic heterocycles. The molecule has 1 aromatic rings. The Labute approximate surface area is 106 Å². The smallest absolute Gasteiger partial charge is 0.221 e. The van der Waals surface area contributed by atoms with Gasteiger partial charge in [0.2, 0.25) is 5.91 Å². The van der Waals surface area contributed by atoms with Crippen LogP contribution in [0, 0.1) is 0 Å². The highest BCUT2D eigenvalue weighted by Crippen LogP contribution is 2.21. The molecule has 0 spiro atoms. The third-order valence-electron chi connectivity index (χ3n) is 2.36. The van der Waals surface area contributed by atoms with Gasteiger partial charge in [0, 0.05) is 12.6 Å². The van der Waals surface area contributed by atoms with E-state index in [1.165, 1.54) is 6.92 Å². The van der Waals surface area contributed by atoms with E-state index in [0.29, 0.717) is 23.4 Å². The minimum atomic E-state index is -0.923. The maximum atomic E-state index is 10.8. The van der Waals surface area contributed by atoms with Gasteiger partial charge in [0.25, 0.3) is 0 Å². The summed E-state index contributed by atoms with van der Waals surface area (Å²) in [4.78, 5) is 10.8. The molecule has 0 aliphatic heterocycles. The Morgan fingerprint density at radius 2 is 1.94 bits per heavy atom. The molecule has 0 saturated carbocycles. The monoisotopic (exact) mass is 255 g/mol. The van der Waals surface area contributed by atoms with E-state index >= 15 is 0 Å². The highest BCUT2D eigenvalue weighted by molar-refractivity contribution is 7.80. The second kappa shape index (κ2) is 6.64. The predicted molar refractivity (Wildman–Crippen MR) is 70.2 cm³/mol. The first-order valence-electron chi connectivity index (χ1n) is 5.39. The van der Waals surface area contributed by atoms with Crippen LogP contribution in [0.1, 0.15) is 25.0 Å². The molecule has 0 bridgehead atoms. The summed E-state index contributed by atoms with van der Waals surface area (Å²) >= 11 is 4.00. The zero-order valence-electron chi connectivity index (χ0n) is 9.63. The van der Waals surface area contributed by atoms with E-state index in [0.717, 1.165) is 0 Å². The number of carbonyl (C=O) groups excluding carboxylic acids is 1. The van der Waals surface area contributed by atoms with Gasteiger partial charge in [-0.05, 0) is 29.9 Å². The number of hydrogen-bond donors (Lipinski definition) is 4. The van der Waals surface area contributed by atoms with Gasteiger partial charge in [0.1, 0.15) is 6.10 Å². The molecule has 0 aliphatic carbocycles. The lowest BCUT2D eigenvalue weighted by Gasteiger charge is -2.17. The lowest BCUT2D eigenvalue weighted by atomic mass is 10.0. The Balaban J connectivity index is 2.69. The van der Waals surface area contributed by atoms with E-state index in [1.807, 2.05) is 0 Å². The molecule has 2 atom stereocenters. The topological polar surface area (TPSA) is 69.6 Å². The van der Waals surface area contributed by atoms with Crippen molar-refractivity contribution in [1.82, 2.24) is 0 Å². The quantitative estimate of drug-likeness (QED) is 0.600. The van der Waals surface area contributed by atoms with Gasteiger partial charge >= 0.3 is 0 Å². The highest BCUT2D eigenvalue weighted by atomic mass is 32.1. The summed E-state index contributed by atoms with van der Waals surface area (Å²) in [5.41, 5.74) is 1.28. The molecule has 0 radical (unpaired) electrons. The minimum Gasteiger partial charge on any atom is -0.390 e. The maximum Gasteiger partial charge on any atom is 0.221 e. The van der Waals surface area contributed by atoms with Crippen LogP contribution in [-0.2, 0) is 4.79 Å². The van der Waals surface area contributed by atoms with Crippen molar-refractivity contribution in [3.05, 3.63) is 29.8 Å². The largest absolute Gasteiger partial charge is 0.390 e. The number of benzene rings is 1. The van der Waals surface area contributed by atoms with Crippen molar-refractivity contribution in [3.8, 4) is 0 Å². The average Bonchev–Trinajstić information content (AvgIpc) is 2.28. The van der Waals surface area contributed by atoms with Crippen molar-refractivity contribution < 1.29 is 15.0 Å². The van der Waals surface area contributed by atoms with Crippen LogP contribution in [0.25, 0.3) is 0 Å². The van der Waals surface area contributed by atoms with Crippen molar-refractivity contribution in [2.24, 2.45) is 0 Å². The summed E-state index contributed by atoms with van der Waals surface area (Å²) in [6.45, 7) is 1.43. The van der Waals surface area contributed by atoms with Crippen LogP contribution >= 0.6 is 12.6 Å². The van der Waals surface area contributed by atoms with Gasteiger partial charge in [0.05, 0.1) is 6.10 Å². The second-order valence-corrected chi connectivity index (χ2v) is 4.27. The Hall–Kier alpha value is -1.04. The first kappa shape index (κ1) is 14.0. The van der Waals surface area contributed by atoms with E-state index in [2.05, 4.69) is 17.9 Å². The van der Waals surface area contributed by atoms with E-state index < -0.39 is 12.2 Å². The molecule has 1 rings (SSSR count). The minimum absolute atomic E-state index is 0.145. The van der Waals surface area contributed by atoms with Gasteiger partial charge in [-0.25, -0.2) is 0 Å². The van der Waals surface area contributed by atoms with Crippen LogP contribution in [0.5, 0.6) is 0 Å². The summed E-state index contributed by atoms with van der Waals surface area (Å²) in [5, 5.41) is 22.1. The Bertz CT molecular complexity index is 367. The highest BCUT2D eigenvalue weighted by Gasteiger charge is 2.17. The number of amides is 1. The molecular formula is C12H17NO3S. The number of nitrogens with one attached hydrogen (secondary N) is 1. The summed E-state index contributed by atoms with van der Waals surface area (Å²) in [5.74, 6) is 0.371. The van der Waals surface area contributed by atoms with Crippen LogP contribution < -0.4 is 5.32 Å². The maximum absolute atomic E-state index is 10.8. The lowest BCUT2D eigenvalue weighted by Crippen LogP contribution is -2.18. The van der Waals surface area contributed by atoms with Gasteiger partial charge in [-0.15, -0.1) is 0 Å². The van der Waals surface area contributed by atoms with E-state index in [9.17, 15) is 15.0 Å². The van der Waals surface area contributed by atoms with Gasteiger partial charge in [0.15, 0.2) is 0 Å². The molecule has 0 aliphatic rings. The van der Waals surface area contributed by atoms with Gasteiger partial charge in [-0.3, -0.25) is 4.79 Å². The number of thiol groups is 1. The zero-order valence-corrected chi connectivity index (χ0v) is 10.5. The molecule has 94 valence electrons. The van der Waals surface area contributed by atoms with Crippen molar-refractivity contribution in [3.63, 3.8) is 0 Å². The SMILES string of the molecule is CC(=O)Nc1ccc(C(O)C(O)CCS)cc1. The Kier molecular flexibility index (Phi) is 5.47. The fourth-order valence-corrected chi connectivity index (χ4v) is 1.74. The molecule has 3 N–H and O–H groups in total. The average molecular weight is 255 g/mol. The van der Waals surface area contributed by atoms with Crippen LogP contribution in [-0.4, -0.2) is 28.0 Å². The van der Waals surface area contributed by atoms with Crippen molar-refractivity contribution in [1.29, 1.82) is 0 Å². The Morgan fingerprint density at radius 1 is 1.35 bits per heavy atom. The predicted octanol–water partition coefficient (Wildman–Crippen LogP) is 1.36. The second-order valence-electron chi connectivity index (χ2n) is 3.83. The standard InChI is InChI=1S/C12H17NO3S/c1-8(14)13-10-4-2-9(3-5-10)12(16)11(15)6-7-17/h2-5,11-12,15-17H,6-7H2,1H3,(H,13,14). The summed E-state index contributed by atoms with van der Waals surface area (Å²) in [6.07, 6.45) is -1.31. The van der Waals surface area contributed by atoms with Crippen molar-refractivity contribution in [2.45, 2.75) is 25.6 Å². The molecule has 1 aromatic carbocycles. The van der Waals surface area contributed by atoms with Gasteiger partial charge in [-0.1, -0.05) is 12.1 Å². The van der Waals surface area contributed by atoms with E-state index in [4.69, 9.17) is 0 Å². The third-order valence-corrected chi connectivity index (χ3v) is 2.62. The molecule has 2 unspecified atom stereocenters. The van der Waals surface area contributed by atoms with Gasteiger partial charge < -0.3 is 15.5 Å². The van der Waals surface area contributed by atoms with Crippen molar-refractivity contribution >= 4 is 24.2 Å². The molecular weight excluding hydrogens is 238 g/mol. The number of anilines is 1. The van der Waals surface area contributed by atoms with Crippen LogP contribution in [0.4, 0.5) is 5.69 Å². The molecule has 5 heteroatoms. The number of carbonyl (C=O) groups is 1. The first-order valence-corrected chi connectivity index (χ1v) is 6.02. The normalized spacial score (nSPS) is 14.1. The fraction of sp³-hybridized carbons (Fsp3) is 0.417. The van der Waals surface area contributed by atoms with Gasteiger partial charge in [-0.2, -0.15) is 12.6 Å². The fourth-order valence-electron chi connectivity index (χ4n) is 1.48. The zero-order chi connectivity index (χ0) is 12.8. The first-order chi connectivity index (χ1) is 8.04.